The largest absolute Gasteiger partial charge is 0.487 e. The lowest BCUT2D eigenvalue weighted by atomic mass is 10.2. The number of hydrogen-bond acceptors (Lipinski definition) is 5. The first kappa shape index (κ1) is 17.2. The van der Waals surface area contributed by atoms with Crippen molar-refractivity contribution in [2.24, 2.45) is 5.73 Å². The van der Waals surface area contributed by atoms with E-state index in [0.717, 1.165) is 6.42 Å². The van der Waals surface area contributed by atoms with E-state index in [9.17, 15) is 14.9 Å². The molecule has 0 saturated heterocycles. The van der Waals surface area contributed by atoms with Gasteiger partial charge < -0.3 is 15.8 Å². The van der Waals surface area contributed by atoms with Crippen molar-refractivity contribution >= 4 is 23.2 Å². The number of halogens is 1. The monoisotopic (exact) mass is 315 g/mol. The number of ether oxygens (including phenoxy) is 1. The second-order valence-corrected chi connectivity index (χ2v) is 4.85. The van der Waals surface area contributed by atoms with Crippen LogP contribution in [0.3, 0.4) is 0 Å². The van der Waals surface area contributed by atoms with Gasteiger partial charge in [-0.25, -0.2) is 0 Å². The van der Waals surface area contributed by atoms with Crippen molar-refractivity contribution in [3.63, 3.8) is 0 Å². The fourth-order valence-electron chi connectivity index (χ4n) is 1.70. The number of carbonyl (C=O) groups excluding carboxylic acids is 1. The van der Waals surface area contributed by atoms with Crippen molar-refractivity contribution in [3.05, 3.63) is 33.3 Å². The molecule has 0 aliphatic rings. The second-order valence-electron chi connectivity index (χ2n) is 4.42. The van der Waals surface area contributed by atoms with Gasteiger partial charge in [0.05, 0.1) is 17.6 Å². The van der Waals surface area contributed by atoms with Gasteiger partial charge in [-0.1, -0.05) is 18.5 Å². The van der Waals surface area contributed by atoms with Crippen LogP contribution < -0.4 is 15.8 Å². The minimum Gasteiger partial charge on any atom is -0.487 e. The Labute approximate surface area is 127 Å². The van der Waals surface area contributed by atoms with Crippen LogP contribution in [0.5, 0.6) is 5.75 Å². The molecule has 1 unspecified atom stereocenters. The average Bonchev–Trinajstić information content (AvgIpc) is 2.41. The van der Waals surface area contributed by atoms with Gasteiger partial charge in [0, 0.05) is 23.6 Å². The third-order valence-electron chi connectivity index (χ3n) is 2.77. The molecule has 0 aliphatic heterocycles. The maximum absolute atomic E-state index is 11.3. The molecular weight excluding hydrogens is 298 g/mol. The molecule has 7 nitrogen and oxygen atoms in total. The zero-order valence-corrected chi connectivity index (χ0v) is 12.4. The highest BCUT2D eigenvalue weighted by molar-refractivity contribution is 6.30. The van der Waals surface area contributed by atoms with Gasteiger partial charge in [0.2, 0.25) is 5.91 Å². The molecule has 1 atom stereocenters. The van der Waals surface area contributed by atoms with Gasteiger partial charge in [-0.3, -0.25) is 14.9 Å². The molecule has 0 spiro atoms. The third-order valence-corrected chi connectivity index (χ3v) is 3.00. The van der Waals surface area contributed by atoms with Gasteiger partial charge in [0.1, 0.15) is 0 Å². The molecule has 116 valence electrons. The van der Waals surface area contributed by atoms with Gasteiger partial charge >= 0.3 is 5.69 Å². The Hall–Kier alpha value is -1.86. The van der Waals surface area contributed by atoms with Crippen molar-refractivity contribution in [2.75, 3.05) is 13.2 Å². The van der Waals surface area contributed by atoms with Crippen molar-refractivity contribution in [1.82, 2.24) is 5.32 Å². The number of hydrogen-bond donors (Lipinski definition) is 2. The van der Waals surface area contributed by atoms with Crippen molar-refractivity contribution in [1.29, 1.82) is 0 Å². The maximum atomic E-state index is 11.3. The lowest BCUT2D eigenvalue weighted by Gasteiger charge is -2.15. The number of rotatable bonds is 9. The Bertz CT molecular complexity index is 510. The Morgan fingerprint density at radius 3 is 2.86 bits per heavy atom. The van der Waals surface area contributed by atoms with E-state index in [2.05, 4.69) is 5.32 Å². The second kappa shape index (κ2) is 8.43. The lowest BCUT2D eigenvalue weighted by Crippen LogP contribution is -2.42. The summed E-state index contributed by atoms with van der Waals surface area (Å²) in [6.45, 7) is 2.74. The van der Waals surface area contributed by atoms with E-state index in [-0.39, 0.29) is 18.0 Å². The van der Waals surface area contributed by atoms with E-state index in [1.165, 1.54) is 18.2 Å². The van der Waals surface area contributed by atoms with Crippen LogP contribution in [-0.4, -0.2) is 30.0 Å². The number of benzene rings is 1. The highest BCUT2D eigenvalue weighted by Gasteiger charge is 2.18. The SMILES string of the molecule is CCCNC(CCOc1cc(Cl)ccc1[N+](=O)[O-])C(N)=O. The molecule has 1 aromatic rings. The molecule has 0 saturated carbocycles. The van der Waals surface area contributed by atoms with E-state index in [0.29, 0.717) is 18.0 Å². The van der Waals surface area contributed by atoms with Gasteiger partial charge in [-0.15, -0.1) is 0 Å². The fourth-order valence-corrected chi connectivity index (χ4v) is 1.87. The number of carbonyl (C=O) groups is 1. The number of nitrogens with one attached hydrogen (secondary N) is 1. The molecule has 21 heavy (non-hydrogen) atoms. The highest BCUT2D eigenvalue weighted by Crippen LogP contribution is 2.29. The van der Waals surface area contributed by atoms with Crippen LogP contribution >= 0.6 is 11.6 Å². The Kier molecular flexibility index (Phi) is 6.90. The van der Waals surface area contributed by atoms with Crippen LogP contribution in [-0.2, 0) is 4.79 Å². The minimum absolute atomic E-state index is 0.0752. The maximum Gasteiger partial charge on any atom is 0.311 e. The van der Waals surface area contributed by atoms with E-state index < -0.39 is 16.9 Å². The van der Waals surface area contributed by atoms with Crippen LogP contribution in [0, 0.1) is 10.1 Å². The van der Waals surface area contributed by atoms with Crippen molar-refractivity contribution < 1.29 is 14.5 Å². The Morgan fingerprint density at radius 2 is 2.29 bits per heavy atom. The first-order valence-corrected chi connectivity index (χ1v) is 6.93. The van der Waals surface area contributed by atoms with Crippen LogP contribution in [0.4, 0.5) is 5.69 Å². The van der Waals surface area contributed by atoms with Crippen LogP contribution in [0.25, 0.3) is 0 Å². The number of primary amides is 1. The van der Waals surface area contributed by atoms with Gasteiger partial charge in [0.15, 0.2) is 5.75 Å². The van der Waals surface area contributed by atoms with Crippen molar-refractivity contribution in [2.45, 2.75) is 25.8 Å². The normalized spacial score (nSPS) is 11.9. The van der Waals surface area contributed by atoms with Gasteiger partial charge in [-0.2, -0.15) is 0 Å². The molecule has 3 N–H and O–H groups in total. The molecule has 1 amide bonds. The molecule has 8 heteroatoms. The molecule has 0 bridgehead atoms. The molecule has 1 aromatic carbocycles. The van der Waals surface area contributed by atoms with Crippen molar-refractivity contribution in [3.8, 4) is 5.75 Å². The number of nitrogens with zero attached hydrogens (tertiary/aromatic N) is 1. The number of nitrogens with two attached hydrogens (primary N) is 1. The molecule has 1 rings (SSSR count). The summed E-state index contributed by atoms with van der Waals surface area (Å²) in [5, 5.41) is 14.2. The van der Waals surface area contributed by atoms with E-state index in [4.69, 9.17) is 22.1 Å². The summed E-state index contributed by atoms with van der Waals surface area (Å²) in [6.07, 6.45) is 1.18. The molecular formula is C13H18ClN3O4. The van der Waals surface area contributed by atoms with Crippen LogP contribution in [0.1, 0.15) is 19.8 Å². The summed E-state index contributed by atoms with van der Waals surface area (Å²) in [6, 6.07) is 3.54. The zero-order valence-electron chi connectivity index (χ0n) is 11.7. The molecule has 0 aliphatic carbocycles. The topological polar surface area (TPSA) is 107 Å². The van der Waals surface area contributed by atoms with E-state index in [1.807, 2.05) is 6.92 Å². The standard InChI is InChI=1S/C13H18ClN3O4/c1-2-6-16-10(13(15)18)5-7-21-12-8-9(14)3-4-11(12)17(19)20/h3-4,8,10,16H,2,5-7H2,1H3,(H2,15,18). The summed E-state index contributed by atoms with van der Waals surface area (Å²) in [4.78, 5) is 21.6. The summed E-state index contributed by atoms with van der Waals surface area (Å²) in [7, 11) is 0. The summed E-state index contributed by atoms with van der Waals surface area (Å²) < 4.78 is 5.37. The average molecular weight is 316 g/mol. The Morgan fingerprint density at radius 1 is 1.57 bits per heavy atom. The predicted octanol–water partition coefficient (Wildman–Crippen LogP) is 1.87. The first-order valence-electron chi connectivity index (χ1n) is 6.55. The fraction of sp³-hybridized carbons (Fsp3) is 0.462. The molecule has 0 radical (unpaired) electrons. The smallest absolute Gasteiger partial charge is 0.311 e. The number of nitro groups is 1. The summed E-state index contributed by atoms with van der Waals surface area (Å²) in [5.41, 5.74) is 5.10. The van der Waals surface area contributed by atoms with Gasteiger partial charge in [-0.05, 0) is 19.0 Å². The molecule has 0 aromatic heterocycles. The van der Waals surface area contributed by atoms with Crippen LogP contribution in [0.15, 0.2) is 18.2 Å². The summed E-state index contributed by atoms with van der Waals surface area (Å²) in [5.74, 6) is -0.404. The Balaban J connectivity index is 2.64. The van der Waals surface area contributed by atoms with E-state index >= 15 is 0 Å². The predicted molar refractivity (Wildman–Crippen MR) is 79.5 cm³/mol. The number of amides is 1. The first-order chi connectivity index (χ1) is 9.95. The van der Waals surface area contributed by atoms with Crippen LogP contribution in [0.2, 0.25) is 5.02 Å². The molecule has 0 heterocycles. The summed E-state index contributed by atoms with van der Waals surface area (Å²) >= 11 is 5.79. The lowest BCUT2D eigenvalue weighted by molar-refractivity contribution is -0.385. The molecule has 0 fully saturated rings. The number of nitro benzene ring substituents is 1. The third kappa shape index (κ3) is 5.57. The zero-order chi connectivity index (χ0) is 15.8. The van der Waals surface area contributed by atoms with E-state index in [1.54, 1.807) is 0 Å². The highest BCUT2D eigenvalue weighted by atomic mass is 35.5. The minimum atomic E-state index is -0.549. The van der Waals surface area contributed by atoms with Gasteiger partial charge in [0.25, 0.3) is 0 Å². The quantitative estimate of drug-likeness (QED) is 0.534.